The van der Waals surface area contributed by atoms with Crippen LogP contribution in [0.1, 0.15) is 21.5 Å². The van der Waals surface area contributed by atoms with Gasteiger partial charge in [0, 0.05) is 16.6 Å². The molecule has 4 heteroatoms. The number of amides is 2. The number of hydrogen-bond donors (Lipinski definition) is 1. The van der Waals surface area contributed by atoms with Crippen LogP contribution in [0.3, 0.4) is 0 Å². The van der Waals surface area contributed by atoms with Crippen LogP contribution in [0, 0.1) is 13.8 Å². The van der Waals surface area contributed by atoms with Gasteiger partial charge in [-0.2, -0.15) is 0 Å². The van der Waals surface area contributed by atoms with Crippen LogP contribution in [-0.2, 0) is 4.79 Å². The maximum Gasteiger partial charge on any atom is 0.259 e. The van der Waals surface area contributed by atoms with Crippen molar-refractivity contribution in [1.82, 2.24) is 0 Å². The van der Waals surface area contributed by atoms with Gasteiger partial charge in [0.1, 0.15) is 6.54 Å². The first-order valence-electron chi connectivity index (χ1n) is 8.25. The molecule has 1 aliphatic rings. The van der Waals surface area contributed by atoms with Gasteiger partial charge in [-0.05, 0) is 54.6 Å². The minimum absolute atomic E-state index is 0.000381. The van der Waals surface area contributed by atoms with Crippen molar-refractivity contribution in [2.24, 2.45) is 0 Å². The summed E-state index contributed by atoms with van der Waals surface area (Å²) in [6.45, 7) is 3.98. The summed E-state index contributed by atoms with van der Waals surface area (Å²) in [7, 11) is 0. The van der Waals surface area contributed by atoms with Gasteiger partial charge in [-0.3, -0.25) is 14.5 Å². The number of carbonyl (C=O) groups is 2. The van der Waals surface area contributed by atoms with Crippen molar-refractivity contribution in [3.63, 3.8) is 0 Å². The molecule has 0 fully saturated rings. The van der Waals surface area contributed by atoms with E-state index in [1.54, 1.807) is 4.90 Å². The molecule has 0 aromatic heterocycles. The Balaban J connectivity index is 1.60. The molecule has 2 amide bonds. The summed E-state index contributed by atoms with van der Waals surface area (Å²) < 4.78 is 0. The first kappa shape index (κ1) is 15.4. The predicted molar refractivity (Wildman–Crippen MR) is 100 cm³/mol. The highest BCUT2D eigenvalue weighted by Gasteiger charge is 2.30. The van der Waals surface area contributed by atoms with Crippen LogP contribution < -0.4 is 10.2 Å². The van der Waals surface area contributed by atoms with E-state index in [1.807, 2.05) is 62.4 Å². The summed E-state index contributed by atoms with van der Waals surface area (Å²) in [5.41, 5.74) is 4.39. The number of carbonyl (C=O) groups excluding carboxylic acids is 2. The normalized spacial score (nSPS) is 12.7. The van der Waals surface area contributed by atoms with Crippen LogP contribution in [0.15, 0.2) is 54.6 Å². The van der Waals surface area contributed by atoms with Crippen LogP contribution in [0.2, 0.25) is 0 Å². The third kappa shape index (κ3) is 2.66. The van der Waals surface area contributed by atoms with E-state index in [0.717, 1.165) is 33.3 Å². The Hall–Kier alpha value is -3.14. The summed E-state index contributed by atoms with van der Waals surface area (Å²) >= 11 is 0. The van der Waals surface area contributed by atoms with Gasteiger partial charge in [-0.25, -0.2) is 0 Å². The van der Waals surface area contributed by atoms with E-state index in [-0.39, 0.29) is 18.4 Å². The molecule has 124 valence electrons. The zero-order valence-electron chi connectivity index (χ0n) is 14.2. The van der Waals surface area contributed by atoms with E-state index in [2.05, 4.69) is 11.4 Å². The second-order valence-corrected chi connectivity index (χ2v) is 6.50. The Morgan fingerprint density at radius 3 is 2.40 bits per heavy atom. The number of aryl methyl sites for hydroxylation is 2. The Bertz CT molecular complexity index is 998. The van der Waals surface area contributed by atoms with Gasteiger partial charge in [0.05, 0.1) is 5.69 Å². The highest BCUT2D eigenvalue weighted by atomic mass is 16.2. The number of hydrogen-bond acceptors (Lipinski definition) is 2. The summed E-state index contributed by atoms with van der Waals surface area (Å²) in [6, 6.07) is 17.4. The van der Waals surface area contributed by atoms with E-state index < -0.39 is 0 Å². The van der Waals surface area contributed by atoms with Crippen LogP contribution in [-0.4, -0.2) is 18.4 Å². The third-order valence-corrected chi connectivity index (χ3v) is 4.46. The Labute approximate surface area is 146 Å². The van der Waals surface area contributed by atoms with Crippen molar-refractivity contribution in [2.75, 3.05) is 16.8 Å². The number of benzene rings is 3. The van der Waals surface area contributed by atoms with Gasteiger partial charge in [0.25, 0.3) is 5.91 Å². The van der Waals surface area contributed by atoms with Crippen LogP contribution in [0.5, 0.6) is 0 Å². The quantitative estimate of drug-likeness (QED) is 0.787. The van der Waals surface area contributed by atoms with Crippen molar-refractivity contribution in [3.8, 4) is 0 Å². The molecule has 4 nitrogen and oxygen atoms in total. The molecule has 1 N–H and O–H groups in total. The summed E-state index contributed by atoms with van der Waals surface area (Å²) in [4.78, 5) is 26.8. The largest absolute Gasteiger partial charge is 0.325 e. The van der Waals surface area contributed by atoms with E-state index in [0.29, 0.717) is 5.56 Å². The summed E-state index contributed by atoms with van der Waals surface area (Å²) in [5.74, 6) is -0.328. The van der Waals surface area contributed by atoms with Crippen LogP contribution >= 0.6 is 0 Å². The van der Waals surface area contributed by atoms with E-state index in [9.17, 15) is 9.59 Å². The Morgan fingerprint density at radius 2 is 1.68 bits per heavy atom. The zero-order valence-corrected chi connectivity index (χ0v) is 14.2. The number of anilines is 2. The smallest absolute Gasteiger partial charge is 0.259 e. The molecule has 3 aromatic carbocycles. The lowest BCUT2D eigenvalue weighted by molar-refractivity contribution is -0.114. The average Bonchev–Trinajstić information content (AvgIpc) is 2.82. The minimum atomic E-state index is -0.205. The fourth-order valence-corrected chi connectivity index (χ4v) is 3.53. The van der Waals surface area contributed by atoms with Gasteiger partial charge in [0.15, 0.2) is 0 Å². The molecule has 0 bridgehead atoms. The first-order valence-corrected chi connectivity index (χ1v) is 8.25. The molecular formula is C21H18N2O2. The molecule has 0 unspecified atom stereocenters. The monoisotopic (exact) mass is 330 g/mol. The molecule has 0 saturated heterocycles. The van der Waals surface area contributed by atoms with E-state index >= 15 is 0 Å². The highest BCUT2D eigenvalue weighted by Crippen LogP contribution is 2.36. The molecule has 0 aliphatic carbocycles. The maximum atomic E-state index is 12.7. The zero-order chi connectivity index (χ0) is 17.6. The fourth-order valence-electron chi connectivity index (χ4n) is 3.53. The lowest BCUT2D eigenvalue weighted by Gasteiger charge is -2.17. The molecule has 0 radical (unpaired) electrons. The molecule has 0 spiro atoms. The summed E-state index contributed by atoms with van der Waals surface area (Å²) in [6.07, 6.45) is 0. The molecule has 25 heavy (non-hydrogen) atoms. The molecule has 3 aromatic rings. The second kappa shape index (κ2) is 5.74. The molecule has 0 atom stereocenters. The van der Waals surface area contributed by atoms with Crippen molar-refractivity contribution < 1.29 is 9.59 Å². The van der Waals surface area contributed by atoms with E-state index in [1.165, 1.54) is 0 Å². The van der Waals surface area contributed by atoms with E-state index in [4.69, 9.17) is 0 Å². The Kier molecular flexibility index (Phi) is 3.53. The number of nitrogens with one attached hydrogen (secondary N) is 1. The lowest BCUT2D eigenvalue weighted by Crippen LogP contribution is -2.35. The molecule has 1 heterocycles. The lowest BCUT2D eigenvalue weighted by atomic mass is 10.1. The maximum absolute atomic E-state index is 12.7. The fraction of sp³-hybridized carbons (Fsp3) is 0.143. The Morgan fingerprint density at radius 1 is 1.00 bits per heavy atom. The highest BCUT2D eigenvalue weighted by molar-refractivity contribution is 6.26. The molecule has 4 rings (SSSR count). The number of rotatable bonds is 3. The predicted octanol–water partition coefficient (Wildman–Crippen LogP) is 4.06. The summed E-state index contributed by atoms with van der Waals surface area (Å²) in [5, 5.41) is 4.84. The average molecular weight is 330 g/mol. The first-order chi connectivity index (χ1) is 12.0. The molecule has 0 saturated carbocycles. The van der Waals surface area contributed by atoms with Crippen molar-refractivity contribution >= 4 is 34.0 Å². The van der Waals surface area contributed by atoms with Crippen LogP contribution in [0.25, 0.3) is 10.8 Å². The van der Waals surface area contributed by atoms with Crippen LogP contribution in [0.4, 0.5) is 11.4 Å². The van der Waals surface area contributed by atoms with Crippen molar-refractivity contribution in [1.29, 1.82) is 0 Å². The minimum Gasteiger partial charge on any atom is -0.325 e. The SMILES string of the molecule is Cc1cc(C)cc(NC(=O)CN2C(=O)c3cccc4cccc2c34)c1. The van der Waals surface area contributed by atoms with Gasteiger partial charge in [0.2, 0.25) is 5.91 Å². The van der Waals surface area contributed by atoms with Crippen molar-refractivity contribution in [2.45, 2.75) is 13.8 Å². The number of nitrogens with zero attached hydrogens (tertiary/aromatic N) is 1. The topological polar surface area (TPSA) is 49.4 Å². The van der Waals surface area contributed by atoms with Gasteiger partial charge in [-0.1, -0.05) is 30.3 Å². The van der Waals surface area contributed by atoms with Gasteiger partial charge >= 0.3 is 0 Å². The second-order valence-electron chi connectivity index (χ2n) is 6.50. The third-order valence-electron chi connectivity index (χ3n) is 4.46. The van der Waals surface area contributed by atoms with Crippen molar-refractivity contribution in [3.05, 3.63) is 71.3 Å². The molecular weight excluding hydrogens is 312 g/mol. The standard InChI is InChI=1S/C21H18N2O2/c1-13-9-14(2)11-16(10-13)22-19(24)12-23-18-8-4-6-15-5-3-7-17(20(15)18)21(23)25/h3-11H,12H2,1-2H3,(H,22,24). The molecule has 1 aliphatic heterocycles. The van der Waals surface area contributed by atoms with Gasteiger partial charge in [-0.15, -0.1) is 0 Å². The van der Waals surface area contributed by atoms with Gasteiger partial charge < -0.3 is 5.32 Å².